The Kier molecular flexibility index (Phi) is 7.05. The Balaban J connectivity index is 1.80. The Labute approximate surface area is 151 Å². The Hall–Kier alpha value is -2.52. The lowest BCUT2D eigenvalue weighted by atomic mass is 10.2. The maximum absolute atomic E-state index is 13.6. The van der Waals surface area contributed by atoms with Gasteiger partial charge in [0.15, 0.2) is 5.96 Å². The number of aliphatic imine (C=N–C) groups is 1. The fourth-order valence-electron chi connectivity index (χ4n) is 2.13. The third-order valence-corrected chi connectivity index (χ3v) is 4.92. The SMILES string of the molecule is CN=C(NCCNS(=O)(=O)c1ccccc1)NCc1cc(F)ccc1F. The van der Waals surface area contributed by atoms with E-state index >= 15 is 0 Å². The monoisotopic (exact) mass is 382 g/mol. The van der Waals surface area contributed by atoms with Crippen LogP contribution >= 0.6 is 0 Å². The number of nitrogens with one attached hydrogen (secondary N) is 3. The molecule has 0 saturated carbocycles. The lowest BCUT2D eigenvalue weighted by Gasteiger charge is -2.13. The summed E-state index contributed by atoms with van der Waals surface area (Å²) in [6, 6.07) is 11.2. The molecule has 6 nitrogen and oxygen atoms in total. The molecule has 0 aliphatic heterocycles. The molecule has 0 heterocycles. The van der Waals surface area contributed by atoms with E-state index in [9.17, 15) is 17.2 Å². The second-order valence-corrected chi connectivity index (χ2v) is 7.07. The predicted molar refractivity (Wildman–Crippen MR) is 96.2 cm³/mol. The van der Waals surface area contributed by atoms with Gasteiger partial charge in [0, 0.05) is 32.2 Å². The van der Waals surface area contributed by atoms with Crippen LogP contribution in [0.15, 0.2) is 58.4 Å². The van der Waals surface area contributed by atoms with Gasteiger partial charge in [0.1, 0.15) is 11.6 Å². The molecule has 0 unspecified atom stereocenters. The lowest BCUT2D eigenvalue weighted by molar-refractivity contribution is 0.578. The molecule has 140 valence electrons. The third kappa shape index (κ3) is 5.78. The van der Waals surface area contributed by atoms with E-state index < -0.39 is 21.7 Å². The normalized spacial score (nSPS) is 12.0. The fourth-order valence-corrected chi connectivity index (χ4v) is 3.18. The van der Waals surface area contributed by atoms with E-state index in [0.29, 0.717) is 5.96 Å². The third-order valence-electron chi connectivity index (χ3n) is 3.44. The van der Waals surface area contributed by atoms with Gasteiger partial charge in [-0.2, -0.15) is 0 Å². The zero-order valence-corrected chi connectivity index (χ0v) is 15.0. The van der Waals surface area contributed by atoms with Crippen molar-refractivity contribution in [2.75, 3.05) is 20.1 Å². The second-order valence-electron chi connectivity index (χ2n) is 5.30. The molecule has 9 heteroatoms. The highest BCUT2D eigenvalue weighted by atomic mass is 32.2. The number of benzene rings is 2. The Morgan fingerprint density at radius 2 is 1.77 bits per heavy atom. The molecule has 0 aromatic heterocycles. The van der Waals surface area contributed by atoms with Crippen molar-refractivity contribution in [1.29, 1.82) is 0 Å². The van der Waals surface area contributed by atoms with Crippen molar-refractivity contribution in [1.82, 2.24) is 15.4 Å². The molecule has 0 radical (unpaired) electrons. The van der Waals surface area contributed by atoms with Crippen LogP contribution in [0.25, 0.3) is 0 Å². The summed E-state index contributed by atoms with van der Waals surface area (Å²) >= 11 is 0. The van der Waals surface area contributed by atoms with Crippen molar-refractivity contribution in [3.63, 3.8) is 0 Å². The molecule has 2 aromatic rings. The van der Waals surface area contributed by atoms with Crippen LogP contribution < -0.4 is 15.4 Å². The number of halogens is 2. The van der Waals surface area contributed by atoms with E-state index in [0.717, 1.165) is 18.2 Å². The zero-order valence-electron chi connectivity index (χ0n) is 14.2. The summed E-state index contributed by atoms with van der Waals surface area (Å²) in [5.74, 6) is -0.709. The van der Waals surface area contributed by atoms with Gasteiger partial charge in [-0.3, -0.25) is 4.99 Å². The first-order valence-electron chi connectivity index (χ1n) is 7.85. The van der Waals surface area contributed by atoms with Gasteiger partial charge in [-0.15, -0.1) is 0 Å². The van der Waals surface area contributed by atoms with E-state index in [2.05, 4.69) is 20.3 Å². The van der Waals surface area contributed by atoms with Crippen LogP contribution in [-0.4, -0.2) is 34.5 Å². The Bertz CT molecular complexity index is 858. The predicted octanol–water partition coefficient (Wildman–Crippen LogP) is 1.61. The van der Waals surface area contributed by atoms with E-state index in [1.807, 2.05) is 0 Å². The highest BCUT2D eigenvalue weighted by Crippen LogP contribution is 2.09. The molecule has 3 N–H and O–H groups in total. The lowest BCUT2D eigenvalue weighted by Crippen LogP contribution is -2.41. The minimum absolute atomic E-state index is 0.0407. The molecule has 0 bridgehead atoms. The largest absolute Gasteiger partial charge is 0.355 e. The van der Waals surface area contributed by atoms with E-state index in [1.165, 1.54) is 19.2 Å². The van der Waals surface area contributed by atoms with Crippen molar-refractivity contribution in [2.24, 2.45) is 4.99 Å². The first-order chi connectivity index (χ1) is 12.4. The van der Waals surface area contributed by atoms with Gasteiger partial charge in [-0.05, 0) is 30.3 Å². The van der Waals surface area contributed by atoms with Crippen LogP contribution in [0.2, 0.25) is 0 Å². The van der Waals surface area contributed by atoms with Gasteiger partial charge in [0.2, 0.25) is 10.0 Å². The average molecular weight is 382 g/mol. The van der Waals surface area contributed by atoms with Gasteiger partial charge in [0.05, 0.1) is 4.90 Å². The van der Waals surface area contributed by atoms with Crippen molar-refractivity contribution < 1.29 is 17.2 Å². The molecule has 0 saturated heterocycles. The first kappa shape index (κ1) is 19.8. The molecule has 0 atom stereocenters. The minimum Gasteiger partial charge on any atom is -0.355 e. The Morgan fingerprint density at radius 3 is 2.46 bits per heavy atom. The Morgan fingerprint density at radius 1 is 1.04 bits per heavy atom. The van der Waals surface area contributed by atoms with E-state index in [4.69, 9.17) is 0 Å². The van der Waals surface area contributed by atoms with Crippen molar-refractivity contribution in [3.05, 3.63) is 65.7 Å². The molecule has 2 rings (SSSR count). The van der Waals surface area contributed by atoms with E-state index in [1.54, 1.807) is 18.2 Å². The van der Waals surface area contributed by atoms with Gasteiger partial charge < -0.3 is 10.6 Å². The standard InChI is InChI=1S/C17H20F2N4O2S/c1-20-17(22-12-13-11-14(18)7-8-16(13)19)21-9-10-23-26(24,25)15-5-3-2-4-6-15/h2-8,11,23H,9-10,12H2,1H3,(H2,20,21,22). The van der Waals surface area contributed by atoms with Crippen LogP contribution in [-0.2, 0) is 16.6 Å². The van der Waals surface area contributed by atoms with Crippen molar-refractivity contribution in [3.8, 4) is 0 Å². The number of hydrogen-bond acceptors (Lipinski definition) is 3. The highest BCUT2D eigenvalue weighted by Gasteiger charge is 2.12. The first-order valence-corrected chi connectivity index (χ1v) is 9.34. The maximum Gasteiger partial charge on any atom is 0.240 e. The molecule has 0 amide bonds. The molecule has 0 fully saturated rings. The number of rotatable bonds is 7. The maximum atomic E-state index is 13.6. The second kappa shape index (κ2) is 9.25. The van der Waals surface area contributed by atoms with Crippen molar-refractivity contribution in [2.45, 2.75) is 11.4 Å². The summed E-state index contributed by atoms with van der Waals surface area (Å²) in [6.07, 6.45) is 0. The highest BCUT2D eigenvalue weighted by molar-refractivity contribution is 7.89. The van der Waals surface area contributed by atoms with Crippen LogP contribution in [0.3, 0.4) is 0 Å². The molecule has 26 heavy (non-hydrogen) atoms. The molecule has 0 aliphatic carbocycles. The number of hydrogen-bond donors (Lipinski definition) is 3. The summed E-state index contributed by atoms with van der Waals surface area (Å²) in [4.78, 5) is 4.13. The smallest absolute Gasteiger partial charge is 0.240 e. The number of nitrogens with zero attached hydrogens (tertiary/aromatic N) is 1. The number of guanidine groups is 1. The average Bonchev–Trinajstić information content (AvgIpc) is 2.64. The zero-order chi connectivity index (χ0) is 19.0. The summed E-state index contributed by atoms with van der Waals surface area (Å²) in [7, 11) is -2.05. The van der Waals surface area contributed by atoms with Crippen molar-refractivity contribution >= 4 is 16.0 Å². The van der Waals surface area contributed by atoms with Gasteiger partial charge in [0.25, 0.3) is 0 Å². The number of sulfonamides is 1. The van der Waals surface area contributed by atoms with Gasteiger partial charge >= 0.3 is 0 Å². The van der Waals surface area contributed by atoms with Crippen LogP contribution in [0.5, 0.6) is 0 Å². The molecule has 0 aliphatic rings. The van der Waals surface area contributed by atoms with Crippen LogP contribution in [0.4, 0.5) is 8.78 Å². The van der Waals surface area contributed by atoms with Crippen LogP contribution in [0.1, 0.15) is 5.56 Å². The van der Waals surface area contributed by atoms with Crippen LogP contribution in [0, 0.1) is 11.6 Å². The molecular formula is C17H20F2N4O2S. The quantitative estimate of drug-likeness (QED) is 0.386. The van der Waals surface area contributed by atoms with E-state index in [-0.39, 0.29) is 30.1 Å². The molecular weight excluding hydrogens is 362 g/mol. The summed E-state index contributed by atoms with van der Waals surface area (Å²) in [5.41, 5.74) is 0.165. The summed E-state index contributed by atoms with van der Waals surface area (Å²) in [6.45, 7) is 0.433. The summed E-state index contributed by atoms with van der Waals surface area (Å²) in [5, 5.41) is 5.73. The minimum atomic E-state index is -3.57. The summed E-state index contributed by atoms with van der Waals surface area (Å²) < 4.78 is 53.3. The molecule has 2 aromatic carbocycles. The van der Waals surface area contributed by atoms with Gasteiger partial charge in [-0.1, -0.05) is 18.2 Å². The topological polar surface area (TPSA) is 82.6 Å². The fraction of sp³-hybridized carbons (Fsp3) is 0.235. The molecule has 0 spiro atoms. The van der Waals surface area contributed by atoms with Gasteiger partial charge in [-0.25, -0.2) is 21.9 Å².